The molecule has 4 nitrogen and oxygen atoms in total. The Labute approximate surface area is 94.6 Å². The second kappa shape index (κ2) is 4.45. The van der Waals surface area contributed by atoms with Crippen LogP contribution in [0, 0.1) is 0 Å². The second-order valence-electron chi connectivity index (χ2n) is 3.71. The highest BCUT2D eigenvalue weighted by atomic mass is 16.3. The van der Waals surface area contributed by atoms with E-state index in [-0.39, 0.29) is 6.61 Å². The molecule has 0 bridgehead atoms. The van der Waals surface area contributed by atoms with Gasteiger partial charge in [0.2, 0.25) is 0 Å². The third kappa shape index (κ3) is 1.84. The van der Waals surface area contributed by atoms with Crippen LogP contribution in [0.5, 0.6) is 0 Å². The van der Waals surface area contributed by atoms with Gasteiger partial charge in [-0.1, -0.05) is 31.2 Å². The SMILES string of the molecule is CCc1ccc(-c2nnc(CO)n2C)cc1. The van der Waals surface area contributed by atoms with Crippen molar-refractivity contribution in [2.24, 2.45) is 7.05 Å². The maximum absolute atomic E-state index is 9.04. The standard InChI is InChI=1S/C12H15N3O/c1-3-9-4-6-10(7-5-9)12-14-13-11(8-16)15(12)2/h4-7,16H,3,8H2,1-2H3. The van der Waals surface area contributed by atoms with E-state index in [0.29, 0.717) is 5.82 Å². The van der Waals surface area contributed by atoms with Gasteiger partial charge in [0, 0.05) is 12.6 Å². The van der Waals surface area contributed by atoms with E-state index in [0.717, 1.165) is 17.8 Å². The quantitative estimate of drug-likeness (QED) is 0.848. The van der Waals surface area contributed by atoms with Gasteiger partial charge in [-0.2, -0.15) is 0 Å². The van der Waals surface area contributed by atoms with Gasteiger partial charge in [0.25, 0.3) is 0 Å². The molecule has 0 amide bonds. The molecule has 0 fully saturated rings. The van der Waals surface area contributed by atoms with Crippen molar-refractivity contribution in [3.63, 3.8) is 0 Å². The Balaban J connectivity index is 2.38. The molecule has 1 aromatic heterocycles. The largest absolute Gasteiger partial charge is 0.388 e. The number of aliphatic hydroxyl groups excluding tert-OH is 1. The Hall–Kier alpha value is -1.68. The summed E-state index contributed by atoms with van der Waals surface area (Å²) in [7, 11) is 1.86. The molecule has 1 N–H and O–H groups in total. The third-order valence-electron chi connectivity index (χ3n) is 2.73. The van der Waals surface area contributed by atoms with E-state index in [9.17, 15) is 0 Å². The van der Waals surface area contributed by atoms with Crippen molar-refractivity contribution in [1.82, 2.24) is 14.8 Å². The summed E-state index contributed by atoms with van der Waals surface area (Å²) < 4.78 is 1.81. The second-order valence-corrected chi connectivity index (χ2v) is 3.71. The summed E-state index contributed by atoms with van der Waals surface area (Å²) in [5, 5.41) is 17.0. The first-order valence-electron chi connectivity index (χ1n) is 5.34. The molecule has 0 radical (unpaired) electrons. The molecule has 0 saturated heterocycles. The van der Waals surface area contributed by atoms with Crippen LogP contribution in [-0.4, -0.2) is 19.9 Å². The van der Waals surface area contributed by atoms with Crippen LogP contribution in [0.4, 0.5) is 0 Å². The number of aromatic nitrogens is 3. The van der Waals surface area contributed by atoms with E-state index < -0.39 is 0 Å². The first-order chi connectivity index (χ1) is 7.76. The predicted octanol–water partition coefficient (Wildman–Crippen LogP) is 1.54. The summed E-state index contributed by atoms with van der Waals surface area (Å²) in [5.41, 5.74) is 2.32. The number of rotatable bonds is 3. The Morgan fingerprint density at radius 3 is 2.38 bits per heavy atom. The Morgan fingerprint density at radius 1 is 1.19 bits per heavy atom. The van der Waals surface area contributed by atoms with Gasteiger partial charge in [-0.3, -0.25) is 0 Å². The number of hydrogen-bond donors (Lipinski definition) is 1. The summed E-state index contributed by atoms with van der Waals surface area (Å²) in [5.74, 6) is 1.36. The lowest BCUT2D eigenvalue weighted by Gasteiger charge is -2.03. The van der Waals surface area contributed by atoms with Crippen LogP contribution in [-0.2, 0) is 20.1 Å². The average Bonchev–Trinajstić information content (AvgIpc) is 2.70. The Kier molecular flexibility index (Phi) is 3.01. The monoisotopic (exact) mass is 217 g/mol. The van der Waals surface area contributed by atoms with Crippen molar-refractivity contribution in [1.29, 1.82) is 0 Å². The van der Waals surface area contributed by atoms with Crippen molar-refractivity contribution in [2.75, 3.05) is 0 Å². The predicted molar refractivity (Wildman–Crippen MR) is 61.7 cm³/mol. The van der Waals surface area contributed by atoms with Gasteiger partial charge in [-0.05, 0) is 12.0 Å². The van der Waals surface area contributed by atoms with Crippen LogP contribution in [0.15, 0.2) is 24.3 Å². The normalized spacial score (nSPS) is 10.7. The first kappa shape index (κ1) is 10.8. The smallest absolute Gasteiger partial charge is 0.163 e. The zero-order valence-electron chi connectivity index (χ0n) is 9.51. The van der Waals surface area contributed by atoms with Gasteiger partial charge in [-0.25, -0.2) is 0 Å². The molecule has 16 heavy (non-hydrogen) atoms. The molecule has 1 heterocycles. The fourth-order valence-corrected chi connectivity index (χ4v) is 1.64. The minimum atomic E-state index is -0.0868. The first-order valence-corrected chi connectivity index (χ1v) is 5.34. The molecule has 0 aliphatic rings. The maximum atomic E-state index is 9.04. The van der Waals surface area contributed by atoms with Gasteiger partial charge >= 0.3 is 0 Å². The highest BCUT2D eigenvalue weighted by molar-refractivity contribution is 5.55. The number of aliphatic hydroxyl groups is 1. The van der Waals surface area contributed by atoms with Gasteiger partial charge < -0.3 is 9.67 Å². The molecule has 4 heteroatoms. The molecule has 0 aliphatic heterocycles. The van der Waals surface area contributed by atoms with Crippen molar-refractivity contribution in [3.05, 3.63) is 35.7 Å². The summed E-state index contributed by atoms with van der Waals surface area (Å²) in [4.78, 5) is 0. The van der Waals surface area contributed by atoms with Crippen LogP contribution in [0.2, 0.25) is 0 Å². The molecule has 0 atom stereocenters. The minimum Gasteiger partial charge on any atom is -0.388 e. The molecule has 1 aromatic carbocycles. The molecule has 0 unspecified atom stereocenters. The maximum Gasteiger partial charge on any atom is 0.163 e. The van der Waals surface area contributed by atoms with Crippen molar-refractivity contribution in [2.45, 2.75) is 20.0 Å². The lowest BCUT2D eigenvalue weighted by atomic mass is 10.1. The average molecular weight is 217 g/mol. The molecule has 2 aromatic rings. The lowest BCUT2D eigenvalue weighted by molar-refractivity contribution is 0.267. The molecule has 0 spiro atoms. The molecular weight excluding hydrogens is 202 g/mol. The molecule has 84 valence electrons. The zero-order valence-corrected chi connectivity index (χ0v) is 9.51. The fourth-order valence-electron chi connectivity index (χ4n) is 1.64. The van der Waals surface area contributed by atoms with Crippen LogP contribution < -0.4 is 0 Å². The highest BCUT2D eigenvalue weighted by Crippen LogP contribution is 2.18. The number of nitrogens with zero attached hydrogens (tertiary/aromatic N) is 3. The summed E-state index contributed by atoms with van der Waals surface area (Å²) in [6, 6.07) is 8.24. The van der Waals surface area contributed by atoms with E-state index in [1.165, 1.54) is 5.56 Å². The summed E-state index contributed by atoms with van der Waals surface area (Å²) >= 11 is 0. The van der Waals surface area contributed by atoms with Crippen molar-refractivity contribution in [3.8, 4) is 11.4 Å². The van der Waals surface area contributed by atoms with E-state index in [2.05, 4.69) is 29.3 Å². The molecule has 0 saturated carbocycles. The lowest BCUT2D eigenvalue weighted by Crippen LogP contribution is -1.99. The van der Waals surface area contributed by atoms with Crippen molar-refractivity contribution >= 4 is 0 Å². The van der Waals surface area contributed by atoms with E-state index in [1.807, 2.05) is 19.2 Å². The fraction of sp³-hybridized carbons (Fsp3) is 0.333. The molecular formula is C12H15N3O. The number of hydrogen-bond acceptors (Lipinski definition) is 3. The van der Waals surface area contributed by atoms with E-state index in [1.54, 1.807) is 4.57 Å². The van der Waals surface area contributed by atoms with Gasteiger partial charge in [0.15, 0.2) is 11.6 Å². The van der Waals surface area contributed by atoms with Gasteiger partial charge in [-0.15, -0.1) is 10.2 Å². The van der Waals surface area contributed by atoms with Crippen LogP contribution in [0.1, 0.15) is 18.3 Å². The number of aryl methyl sites for hydroxylation is 1. The van der Waals surface area contributed by atoms with Gasteiger partial charge in [0.1, 0.15) is 6.61 Å². The molecule has 2 rings (SSSR count). The topological polar surface area (TPSA) is 50.9 Å². The highest BCUT2D eigenvalue weighted by Gasteiger charge is 2.09. The van der Waals surface area contributed by atoms with Crippen LogP contribution >= 0.6 is 0 Å². The van der Waals surface area contributed by atoms with Gasteiger partial charge in [0.05, 0.1) is 0 Å². The van der Waals surface area contributed by atoms with Crippen LogP contribution in [0.3, 0.4) is 0 Å². The number of benzene rings is 1. The zero-order chi connectivity index (χ0) is 11.5. The third-order valence-corrected chi connectivity index (χ3v) is 2.73. The Bertz CT molecular complexity index is 474. The minimum absolute atomic E-state index is 0.0868. The van der Waals surface area contributed by atoms with E-state index in [4.69, 9.17) is 5.11 Å². The van der Waals surface area contributed by atoms with Crippen molar-refractivity contribution < 1.29 is 5.11 Å². The summed E-state index contributed by atoms with van der Waals surface area (Å²) in [6.45, 7) is 2.04. The molecule has 0 aliphatic carbocycles. The van der Waals surface area contributed by atoms with Crippen LogP contribution in [0.25, 0.3) is 11.4 Å². The summed E-state index contributed by atoms with van der Waals surface area (Å²) in [6.07, 6.45) is 1.03. The Morgan fingerprint density at radius 2 is 1.88 bits per heavy atom. The van der Waals surface area contributed by atoms with E-state index >= 15 is 0 Å².